The van der Waals surface area contributed by atoms with Crippen LogP contribution in [0, 0.1) is 0 Å². The van der Waals surface area contributed by atoms with Crippen LogP contribution in [0.3, 0.4) is 0 Å². The first-order chi connectivity index (χ1) is 17.4. The zero-order valence-corrected chi connectivity index (χ0v) is 21.8. The van der Waals surface area contributed by atoms with Crippen LogP contribution >= 0.6 is 23.4 Å². The highest BCUT2D eigenvalue weighted by molar-refractivity contribution is 7.99. The standard InChI is InChI=1S/C27H27ClN2O5S/c1-33-21-12-18(13-22(34-2)27(21)35-3)24-14-26(32)30(20-10-6-7-11-23(20)36-24)16-25(31)29-15-17-8-4-5-9-19(17)28/h4-13,24H,14-16H2,1-3H3,(H,29,31). The van der Waals surface area contributed by atoms with Gasteiger partial charge in [-0.3, -0.25) is 9.59 Å². The number of carbonyl (C=O) groups excluding carboxylic acids is 2. The molecule has 9 heteroatoms. The Bertz CT molecular complexity index is 1240. The molecule has 0 radical (unpaired) electrons. The Labute approximate surface area is 219 Å². The van der Waals surface area contributed by atoms with Crippen molar-refractivity contribution in [1.29, 1.82) is 0 Å². The van der Waals surface area contributed by atoms with Crippen molar-refractivity contribution in [1.82, 2.24) is 5.32 Å². The number of fused-ring (bicyclic) bond motifs is 1. The lowest BCUT2D eigenvalue weighted by Gasteiger charge is -2.22. The van der Waals surface area contributed by atoms with Gasteiger partial charge in [0.1, 0.15) is 6.54 Å². The van der Waals surface area contributed by atoms with Gasteiger partial charge in [0, 0.05) is 28.1 Å². The number of carbonyl (C=O) groups is 2. The maximum Gasteiger partial charge on any atom is 0.240 e. The Kier molecular flexibility index (Phi) is 8.28. The van der Waals surface area contributed by atoms with E-state index in [9.17, 15) is 9.59 Å². The highest BCUT2D eigenvalue weighted by atomic mass is 35.5. The number of methoxy groups -OCH3 is 3. The van der Waals surface area contributed by atoms with Gasteiger partial charge in [0.05, 0.1) is 27.0 Å². The molecule has 0 spiro atoms. The van der Waals surface area contributed by atoms with E-state index in [4.69, 9.17) is 25.8 Å². The van der Waals surface area contributed by atoms with E-state index in [0.717, 1.165) is 16.0 Å². The average molecular weight is 527 g/mol. The lowest BCUT2D eigenvalue weighted by molar-refractivity contribution is -0.124. The van der Waals surface area contributed by atoms with Crippen LogP contribution in [-0.2, 0) is 16.1 Å². The van der Waals surface area contributed by atoms with E-state index in [1.807, 2.05) is 54.6 Å². The van der Waals surface area contributed by atoms with E-state index in [-0.39, 0.29) is 36.6 Å². The minimum atomic E-state index is -0.269. The van der Waals surface area contributed by atoms with E-state index in [2.05, 4.69) is 5.32 Å². The van der Waals surface area contributed by atoms with Gasteiger partial charge >= 0.3 is 0 Å². The fourth-order valence-corrected chi connectivity index (χ4v) is 5.52. The summed E-state index contributed by atoms with van der Waals surface area (Å²) >= 11 is 7.77. The van der Waals surface area contributed by atoms with Crippen LogP contribution in [0.15, 0.2) is 65.6 Å². The van der Waals surface area contributed by atoms with Crippen LogP contribution in [0.1, 0.15) is 22.8 Å². The molecule has 0 saturated carbocycles. The maximum absolute atomic E-state index is 13.5. The molecule has 1 unspecified atom stereocenters. The number of thioether (sulfide) groups is 1. The number of rotatable bonds is 8. The molecule has 1 N–H and O–H groups in total. The fraction of sp³-hybridized carbons (Fsp3) is 0.259. The Balaban J connectivity index is 1.58. The lowest BCUT2D eigenvalue weighted by Crippen LogP contribution is -2.40. The molecule has 7 nitrogen and oxygen atoms in total. The van der Waals surface area contributed by atoms with Crippen molar-refractivity contribution in [3.05, 3.63) is 76.8 Å². The van der Waals surface area contributed by atoms with Gasteiger partial charge in [-0.05, 0) is 41.5 Å². The largest absolute Gasteiger partial charge is 0.493 e. The number of halogens is 1. The number of nitrogens with zero attached hydrogens (tertiary/aromatic N) is 1. The first kappa shape index (κ1) is 25.7. The molecule has 3 aromatic carbocycles. The summed E-state index contributed by atoms with van der Waals surface area (Å²) in [5.41, 5.74) is 2.38. The Hall–Kier alpha value is -3.36. The van der Waals surface area contributed by atoms with Crippen molar-refractivity contribution in [2.24, 2.45) is 0 Å². The number of amides is 2. The molecule has 188 valence electrons. The number of benzene rings is 3. The molecule has 0 bridgehead atoms. The van der Waals surface area contributed by atoms with Gasteiger partial charge < -0.3 is 24.4 Å². The van der Waals surface area contributed by atoms with Crippen LogP contribution in [0.4, 0.5) is 5.69 Å². The second-order valence-corrected chi connectivity index (χ2v) is 9.74. The van der Waals surface area contributed by atoms with E-state index < -0.39 is 0 Å². The molecule has 36 heavy (non-hydrogen) atoms. The highest BCUT2D eigenvalue weighted by Gasteiger charge is 2.31. The van der Waals surface area contributed by atoms with Crippen LogP contribution in [0.5, 0.6) is 17.2 Å². The van der Waals surface area contributed by atoms with Gasteiger partial charge in [-0.1, -0.05) is 41.9 Å². The SMILES string of the molecule is COc1cc(C2CC(=O)N(CC(=O)NCc3ccccc3Cl)c3ccccc3S2)cc(OC)c1OC. The lowest BCUT2D eigenvalue weighted by atomic mass is 10.1. The summed E-state index contributed by atoms with van der Waals surface area (Å²) in [7, 11) is 4.67. The third-order valence-corrected chi connectivity index (χ3v) is 7.57. The topological polar surface area (TPSA) is 77.1 Å². The van der Waals surface area contributed by atoms with Crippen molar-refractivity contribution in [3.63, 3.8) is 0 Å². The molecule has 1 aliphatic rings. The van der Waals surface area contributed by atoms with Crippen molar-refractivity contribution in [3.8, 4) is 17.2 Å². The molecular weight excluding hydrogens is 500 g/mol. The summed E-state index contributed by atoms with van der Waals surface area (Å²) in [5, 5.41) is 3.24. The average Bonchev–Trinajstić information content (AvgIpc) is 3.03. The zero-order valence-electron chi connectivity index (χ0n) is 20.2. The van der Waals surface area contributed by atoms with Gasteiger partial charge in [0.2, 0.25) is 17.6 Å². The van der Waals surface area contributed by atoms with Crippen LogP contribution in [0.25, 0.3) is 0 Å². The van der Waals surface area contributed by atoms with E-state index in [0.29, 0.717) is 28.0 Å². The molecule has 0 saturated heterocycles. The second-order valence-electron chi connectivity index (χ2n) is 8.09. The molecule has 1 atom stereocenters. The normalized spacial score (nSPS) is 15.1. The van der Waals surface area contributed by atoms with Crippen molar-refractivity contribution >= 4 is 40.9 Å². The number of para-hydroxylation sites is 1. The van der Waals surface area contributed by atoms with Crippen molar-refractivity contribution < 1.29 is 23.8 Å². The van der Waals surface area contributed by atoms with Gasteiger partial charge in [0.15, 0.2) is 11.5 Å². The van der Waals surface area contributed by atoms with Crippen molar-refractivity contribution in [2.45, 2.75) is 23.1 Å². The molecule has 2 amide bonds. The molecule has 1 heterocycles. The Morgan fingerprint density at radius 3 is 2.36 bits per heavy atom. The minimum absolute atomic E-state index is 0.0944. The second kappa shape index (κ2) is 11.6. The van der Waals surface area contributed by atoms with E-state index in [1.54, 1.807) is 44.1 Å². The third-order valence-electron chi connectivity index (χ3n) is 5.88. The number of hydrogen-bond donors (Lipinski definition) is 1. The molecule has 0 fully saturated rings. The summed E-state index contributed by atoms with van der Waals surface area (Å²) in [4.78, 5) is 28.8. The van der Waals surface area contributed by atoms with Crippen LogP contribution in [-0.4, -0.2) is 39.7 Å². The number of hydrogen-bond acceptors (Lipinski definition) is 6. The predicted octanol–water partition coefficient (Wildman–Crippen LogP) is 5.25. The van der Waals surface area contributed by atoms with E-state index in [1.165, 1.54) is 0 Å². The van der Waals surface area contributed by atoms with Gasteiger partial charge in [-0.15, -0.1) is 11.8 Å². The van der Waals surface area contributed by atoms with Crippen molar-refractivity contribution in [2.75, 3.05) is 32.8 Å². The summed E-state index contributed by atoms with van der Waals surface area (Å²) in [6, 6.07) is 18.7. The molecule has 1 aliphatic heterocycles. The first-order valence-corrected chi connectivity index (χ1v) is 12.6. The smallest absolute Gasteiger partial charge is 0.240 e. The van der Waals surface area contributed by atoms with Crippen LogP contribution in [0.2, 0.25) is 5.02 Å². The number of nitrogens with one attached hydrogen (secondary N) is 1. The third kappa shape index (κ3) is 5.55. The predicted molar refractivity (Wildman–Crippen MR) is 141 cm³/mol. The molecule has 0 aliphatic carbocycles. The molecule has 3 aromatic rings. The summed E-state index contributed by atoms with van der Waals surface area (Å²) < 4.78 is 16.5. The first-order valence-electron chi connectivity index (χ1n) is 11.3. The fourth-order valence-electron chi connectivity index (χ4n) is 4.06. The van der Waals surface area contributed by atoms with Gasteiger partial charge in [0.25, 0.3) is 0 Å². The zero-order chi connectivity index (χ0) is 25.7. The van der Waals surface area contributed by atoms with Crippen LogP contribution < -0.4 is 24.4 Å². The van der Waals surface area contributed by atoms with Gasteiger partial charge in [-0.2, -0.15) is 0 Å². The number of ether oxygens (including phenoxy) is 3. The van der Waals surface area contributed by atoms with E-state index >= 15 is 0 Å². The highest BCUT2D eigenvalue weighted by Crippen LogP contribution is 2.49. The Morgan fingerprint density at radius 2 is 1.69 bits per heavy atom. The minimum Gasteiger partial charge on any atom is -0.493 e. The molecule has 4 rings (SSSR count). The summed E-state index contributed by atoms with van der Waals surface area (Å²) in [6.45, 7) is 0.188. The molecular formula is C27H27ClN2O5S. The summed E-state index contributed by atoms with van der Waals surface area (Å²) in [6.07, 6.45) is 0.190. The quantitative estimate of drug-likeness (QED) is 0.432. The molecule has 0 aromatic heterocycles. The Morgan fingerprint density at radius 1 is 1.03 bits per heavy atom. The maximum atomic E-state index is 13.5. The summed E-state index contributed by atoms with van der Waals surface area (Å²) in [5.74, 6) is 1.11. The van der Waals surface area contributed by atoms with Gasteiger partial charge in [-0.25, -0.2) is 0 Å². The number of anilines is 1. The monoisotopic (exact) mass is 526 g/mol.